The maximum absolute atomic E-state index is 14.6. The Morgan fingerprint density at radius 1 is 1.06 bits per heavy atom. The van der Waals surface area contributed by atoms with Gasteiger partial charge in [-0.15, -0.1) is 0 Å². The van der Waals surface area contributed by atoms with Gasteiger partial charge in [0.2, 0.25) is 5.83 Å². The molecule has 4 nitrogen and oxygen atoms in total. The predicted octanol–water partition coefficient (Wildman–Crippen LogP) is 5.47. The first-order valence-corrected chi connectivity index (χ1v) is 9.94. The normalized spacial score (nSPS) is 16.8. The number of nitrogens with zero attached hydrogens (tertiary/aromatic N) is 2. The third-order valence-electron chi connectivity index (χ3n) is 4.71. The van der Waals surface area contributed by atoms with Crippen LogP contribution < -0.4 is 0 Å². The van der Waals surface area contributed by atoms with Crippen molar-refractivity contribution in [3.63, 3.8) is 0 Å². The second kappa shape index (κ2) is 9.64. The molecule has 162 valence electrons. The Morgan fingerprint density at radius 3 is 2.13 bits per heavy atom. The summed E-state index contributed by atoms with van der Waals surface area (Å²) < 4.78 is 46.2. The highest BCUT2D eigenvalue weighted by atomic mass is 19.1. The molecule has 1 aliphatic rings. The van der Waals surface area contributed by atoms with Crippen molar-refractivity contribution in [2.24, 2.45) is 10.9 Å². The number of benzene rings is 2. The van der Waals surface area contributed by atoms with Crippen LogP contribution in [0.3, 0.4) is 0 Å². The summed E-state index contributed by atoms with van der Waals surface area (Å²) in [5, 5.41) is 0. The lowest BCUT2D eigenvalue weighted by Gasteiger charge is -2.36. The van der Waals surface area contributed by atoms with E-state index in [2.05, 4.69) is 0 Å². The zero-order valence-electron chi connectivity index (χ0n) is 17.5. The lowest BCUT2D eigenvalue weighted by atomic mass is 9.99. The molecule has 0 radical (unpaired) electrons. The van der Waals surface area contributed by atoms with Gasteiger partial charge in [0.25, 0.3) is 0 Å². The van der Waals surface area contributed by atoms with Crippen LogP contribution in [0.15, 0.2) is 71.6 Å². The van der Waals surface area contributed by atoms with Gasteiger partial charge in [0, 0.05) is 11.8 Å². The zero-order chi connectivity index (χ0) is 22.5. The summed E-state index contributed by atoms with van der Waals surface area (Å²) >= 11 is 0. The van der Waals surface area contributed by atoms with E-state index >= 15 is 0 Å². The molecule has 2 aromatic rings. The Hall–Kier alpha value is -3.35. The van der Waals surface area contributed by atoms with Crippen LogP contribution in [-0.2, 0) is 9.53 Å². The number of halogens is 3. The lowest BCUT2D eigenvalue weighted by molar-refractivity contribution is -0.140. The van der Waals surface area contributed by atoms with E-state index in [1.165, 1.54) is 29.2 Å². The van der Waals surface area contributed by atoms with Crippen LogP contribution in [0.5, 0.6) is 0 Å². The van der Waals surface area contributed by atoms with Gasteiger partial charge >= 0.3 is 5.97 Å². The summed E-state index contributed by atoms with van der Waals surface area (Å²) in [5.41, 5.74) is 2.38. The SMILES string of the molecule is CCOC(=O)C(F)=CN1C(c2ccc(F)cc2)=CC(c2ccc(F)cc2)=NC1C(C)C. The molecule has 1 heterocycles. The summed E-state index contributed by atoms with van der Waals surface area (Å²) in [6.07, 6.45) is 2.20. The van der Waals surface area contributed by atoms with Crippen LogP contribution in [-0.4, -0.2) is 29.4 Å². The Bertz CT molecular complexity index is 1030. The molecule has 2 aromatic carbocycles. The van der Waals surface area contributed by atoms with Gasteiger partial charge in [0.15, 0.2) is 0 Å². The second-order valence-electron chi connectivity index (χ2n) is 7.32. The fraction of sp³-hybridized carbons (Fsp3) is 0.250. The number of hydrogen-bond acceptors (Lipinski definition) is 4. The standard InChI is InChI=1S/C24H23F3N2O2/c1-4-31-24(30)20(27)14-29-22(17-7-11-19(26)12-8-17)13-21(28-23(29)15(2)3)16-5-9-18(25)10-6-16/h5-15,23H,4H2,1-3H3. The molecular formula is C24H23F3N2O2. The molecule has 0 aliphatic carbocycles. The van der Waals surface area contributed by atoms with E-state index in [1.54, 1.807) is 37.3 Å². The first-order chi connectivity index (χ1) is 14.8. The molecule has 7 heteroatoms. The maximum atomic E-state index is 14.6. The summed E-state index contributed by atoms with van der Waals surface area (Å²) in [6.45, 7) is 5.45. The first kappa shape index (κ1) is 22.3. The topological polar surface area (TPSA) is 41.9 Å². The molecule has 1 unspecified atom stereocenters. The van der Waals surface area contributed by atoms with Crippen molar-refractivity contribution in [1.82, 2.24) is 4.90 Å². The van der Waals surface area contributed by atoms with Crippen LogP contribution in [0.1, 0.15) is 31.9 Å². The average molecular weight is 428 g/mol. The summed E-state index contributed by atoms with van der Waals surface area (Å²) in [7, 11) is 0. The number of carbonyl (C=O) groups excluding carboxylic acids is 1. The van der Waals surface area contributed by atoms with Crippen molar-refractivity contribution in [3.05, 3.63) is 89.4 Å². The van der Waals surface area contributed by atoms with Crippen LogP contribution in [0, 0.1) is 17.6 Å². The first-order valence-electron chi connectivity index (χ1n) is 9.94. The molecule has 0 saturated carbocycles. The van der Waals surface area contributed by atoms with E-state index < -0.39 is 23.8 Å². The smallest absolute Gasteiger partial charge is 0.368 e. The van der Waals surface area contributed by atoms with Crippen molar-refractivity contribution in [2.75, 3.05) is 6.61 Å². The van der Waals surface area contributed by atoms with Crippen LogP contribution in [0.25, 0.3) is 5.70 Å². The molecule has 0 bridgehead atoms. The quantitative estimate of drug-likeness (QED) is 0.453. The summed E-state index contributed by atoms with van der Waals surface area (Å²) in [5.74, 6) is -3.00. The predicted molar refractivity (Wildman–Crippen MR) is 114 cm³/mol. The monoisotopic (exact) mass is 428 g/mol. The average Bonchev–Trinajstić information content (AvgIpc) is 2.75. The number of allylic oxidation sites excluding steroid dienone is 1. The molecule has 3 rings (SSSR count). The Balaban J connectivity index is 2.14. The van der Waals surface area contributed by atoms with Gasteiger partial charge < -0.3 is 9.64 Å². The van der Waals surface area contributed by atoms with Crippen molar-refractivity contribution >= 4 is 17.4 Å². The highest BCUT2D eigenvalue weighted by molar-refractivity contribution is 6.13. The zero-order valence-corrected chi connectivity index (χ0v) is 17.5. The Morgan fingerprint density at radius 2 is 1.61 bits per heavy atom. The minimum absolute atomic E-state index is 0.0429. The highest BCUT2D eigenvalue weighted by Crippen LogP contribution is 2.32. The van der Waals surface area contributed by atoms with Gasteiger partial charge in [0.05, 0.1) is 18.0 Å². The van der Waals surface area contributed by atoms with Crippen molar-refractivity contribution in [2.45, 2.75) is 26.9 Å². The maximum Gasteiger partial charge on any atom is 0.368 e. The number of ether oxygens (including phenoxy) is 1. The van der Waals surface area contributed by atoms with E-state index in [4.69, 9.17) is 9.73 Å². The third-order valence-corrected chi connectivity index (χ3v) is 4.71. The molecular weight excluding hydrogens is 405 g/mol. The molecule has 0 amide bonds. The largest absolute Gasteiger partial charge is 0.461 e. The molecule has 0 fully saturated rings. The number of rotatable bonds is 6. The number of esters is 1. The van der Waals surface area contributed by atoms with E-state index in [-0.39, 0.29) is 18.3 Å². The van der Waals surface area contributed by atoms with E-state index in [1.807, 2.05) is 13.8 Å². The van der Waals surface area contributed by atoms with E-state index in [0.717, 1.165) is 6.20 Å². The summed E-state index contributed by atoms with van der Waals surface area (Å²) in [6, 6.07) is 11.6. The number of hydrogen-bond donors (Lipinski definition) is 0. The fourth-order valence-electron chi connectivity index (χ4n) is 3.21. The van der Waals surface area contributed by atoms with E-state index in [9.17, 15) is 18.0 Å². The van der Waals surface area contributed by atoms with Crippen molar-refractivity contribution in [3.8, 4) is 0 Å². The van der Waals surface area contributed by atoms with Crippen LogP contribution in [0.4, 0.5) is 13.2 Å². The second-order valence-corrected chi connectivity index (χ2v) is 7.32. The summed E-state index contributed by atoms with van der Waals surface area (Å²) in [4.78, 5) is 18.1. The van der Waals surface area contributed by atoms with Crippen molar-refractivity contribution in [1.29, 1.82) is 0 Å². The third kappa shape index (κ3) is 5.23. The molecule has 0 saturated heterocycles. The van der Waals surface area contributed by atoms with Gasteiger partial charge in [-0.1, -0.05) is 13.8 Å². The highest BCUT2D eigenvalue weighted by Gasteiger charge is 2.29. The number of aliphatic imine (C=N–C) groups is 1. The van der Waals surface area contributed by atoms with Gasteiger partial charge in [-0.25, -0.2) is 13.6 Å². The molecule has 1 aliphatic heterocycles. The molecule has 0 N–H and O–H groups in total. The van der Waals surface area contributed by atoms with Gasteiger partial charge in [-0.05, 0) is 73.0 Å². The van der Waals surface area contributed by atoms with Crippen LogP contribution >= 0.6 is 0 Å². The molecule has 1 atom stereocenters. The van der Waals surface area contributed by atoms with Gasteiger partial charge in [0.1, 0.15) is 17.8 Å². The molecule has 31 heavy (non-hydrogen) atoms. The van der Waals surface area contributed by atoms with Gasteiger partial charge in [-0.3, -0.25) is 4.99 Å². The van der Waals surface area contributed by atoms with E-state index in [0.29, 0.717) is 22.5 Å². The van der Waals surface area contributed by atoms with Crippen LogP contribution in [0.2, 0.25) is 0 Å². The lowest BCUT2D eigenvalue weighted by Crippen LogP contribution is -2.37. The minimum atomic E-state index is -1.07. The fourth-order valence-corrected chi connectivity index (χ4v) is 3.21. The number of carbonyl (C=O) groups is 1. The Kier molecular flexibility index (Phi) is 6.95. The van der Waals surface area contributed by atoms with Crippen molar-refractivity contribution < 1.29 is 22.7 Å². The Labute approximate surface area is 179 Å². The minimum Gasteiger partial charge on any atom is -0.461 e. The molecule has 0 aromatic heterocycles. The van der Waals surface area contributed by atoms with Gasteiger partial charge in [-0.2, -0.15) is 4.39 Å². The molecule has 0 spiro atoms.